The molecule has 0 aromatic heterocycles. The Morgan fingerprint density at radius 2 is 1.31 bits per heavy atom. The van der Waals surface area contributed by atoms with Gasteiger partial charge in [-0.1, -0.05) is 72.8 Å². The smallest absolute Gasteiger partial charge is 0.119 e. The molecule has 0 saturated carbocycles. The van der Waals surface area contributed by atoms with Crippen LogP contribution in [0.4, 0.5) is 0 Å². The van der Waals surface area contributed by atoms with E-state index in [0.717, 1.165) is 40.1 Å². The van der Waals surface area contributed by atoms with Crippen LogP contribution in [0.5, 0.6) is 5.75 Å². The van der Waals surface area contributed by atoms with E-state index in [1.54, 1.807) is 0 Å². The van der Waals surface area contributed by atoms with Crippen LogP contribution in [0.25, 0.3) is 11.1 Å². The van der Waals surface area contributed by atoms with Crippen LogP contribution < -0.4 is 4.74 Å². The molecule has 29 heavy (non-hydrogen) atoms. The first-order valence-corrected chi connectivity index (χ1v) is 9.97. The number of ether oxygens (including phenoxy) is 1. The summed E-state index contributed by atoms with van der Waals surface area (Å²) >= 11 is 0. The molecular formula is C26H29NO2. The van der Waals surface area contributed by atoms with Gasteiger partial charge >= 0.3 is 0 Å². The Morgan fingerprint density at radius 3 is 1.83 bits per heavy atom. The minimum Gasteiger partial charge on any atom is -0.492 e. The molecule has 3 aromatic rings. The Bertz CT molecular complexity index is 914. The lowest BCUT2D eigenvalue weighted by Gasteiger charge is -2.20. The molecule has 0 aliphatic rings. The van der Waals surface area contributed by atoms with Gasteiger partial charge in [-0.2, -0.15) is 0 Å². The summed E-state index contributed by atoms with van der Waals surface area (Å²) in [7, 11) is 4.06. The molecule has 1 N–H and O–H groups in total. The third-order valence-corrected chi connectivity index (χ3v) is 4.78. The molecule has 1 atom stereocenters. The van der Waals surface area contributed by atoms with Crippen LogP contribution in [-0.2, 0) is 0 Å². The highest BCUT2D eigenvalue weighted by Gasteiger charge is 2.17. The molecule has 3 rings (SSSR count). The van der Waals surface area contributed by atoms with Crippen molar-refractivity contribution < 1.29 is 9.84 Å². The van der Waals surface area contributed by atoms with Crippen LogP contribution in [0.1, 0.15) is 23.6 Å². The average molecular weight is 388 g/mol. The number of aliphatic hydroxyl groups is 1. The molecule has 0 amide bonds. The van der Waals surface area contributed by atoms with E-state index in [-0.39, 0.29) is 0 Å². The maximum absolute atomic E-state index is 10.7. The van der Waals surface area contributed by atoms with E-state index in [1.165, 1.54) is 0 Å². The zero-order valence-electron chi connectivity index (χ0n) is 17.4. The Labute approximate surface area is 173 Å². The Morgan fingerprint density at radius 1 is 0.793 bits per heavy atom. The second-order valence-corrected chi connectivity index (χ2v) is 7.37. The SMILES string of the molecule is CC(O)/C(=C(/c1ccccc1)c1ccc(OCCN(C)C)cc1)c1ccccc1. The van der Waals surface area contributed by atoms with E-state index in [9.17, 15) is 5.11 Å². The first-order chi connectivity index (χ1) is 14.1. The molecule has 3 aromatic carbocycles. The second kappa shape index (κ2) is 10.1. The number of hydrogen-bond acceptors (Lipinski definition) is 3. The Kier molecular flexibility index (Phi) is 7.23. The van der Waals surface area contributed by atoms with Crippen LogP contribution in [-0.4, -0.2) is 43.4 Å². The van der Waals surface area contributed by atoms with Gasteiger partial charge in [-0.05, 0) is 61.0 Å². The summed E-state index contributed by atoms with van der Waals surface area (Å²) < 4.78 is 5.84. The number of aliphatic hydroxyl groups excluding tert-OH is 1. The lowest BCUT2D eigenvalue weighted by Crippen LogP contribution is -2.19. The van der Waals surface area contributed by atoms with Crippen molar-refractivity contribution in [2.75, 3.05) is 27.2 Å². The first kappa shape index (κ1) is 20.8. The van der Waals surface area contributed by atoms with Crippen LogP contribution >= 0.6 is 0 Å². The van der Waals surface area contributed by atoms with E-state index < -0.39 is 6.10 Å². The summed E-state index contributed by atoms with van der Waals surface area (Å²) in [5.74, 6) is 0.848. The zero-order valence-corrected chi connectivity index (χ0v) is 17.4. The summed E-state index contributed by atoms with van der Waals surface area (Å²) in [4.78, 5) is 2.10. The molecule has 3 nitrogen and oxygen atoms in total. The van der Waals surface area contributed by atoms with E-state index in [1.807, 2.05) is 81.7 Å². The third kappa shape index (κ3) is 5.57. The van der Waals surface area contributed by atoms with Gasteiger partial charge in [0.25, 0.3) is 0 Å². The van der Waals surface area contributed by atoms with Crippen LogP contribution in [0.15, 0.2) is 84.9 Å². The largest absolute Gasteiger partial charge is 0.492 e. The van der Waals surface area contributed by atoms with E-state index in [4.69, 9.17) is 4.74 Å². The van der Waals surface area contributed by atoms with Crippen LogP contribution in [0, 0.1) is 0 Å². The molecule has 0 saturated heterocycles. The molecule has 3 heteroatoms. The molecule has 0 aliphatic heterocycles. The van der Waals surface area contributed by atoms with Crippen molar-refractivity contribution in [3.8, 4) is 5.75 Å². The van der Waals surface area contributed by atoms with Gasteiger partial charge in [0, 0.05) is 6.54 Å². The van der Waals surface area contributed by atoms with Crippen LogP contribution in [0.2, 0.25) is 0 Å². The summed E-state index contributed by atoms with van der Waals surface area (Å²) in [5.41, 5.74) is 5.10. The van der Waals surface area contributed by atoms with Gasteiger partial charge in [0.2, 0.25) is 0 Å². The van der Waals surface area contributed by atoms with Crippen molar-refractivity contribution >= 4 is 11.1 Å². The highest BCUT2D eigenvalue weighted by Crippen LogP contribution is 2.35. The zero-order chi connectivity index (χ0) is 20.6. The molecule has 150 valence electrons. The second-order valence-electron chi connectivity index (χ2n) is 7.37. The summed E-state index contributed by atoms with van der Waals surface area (Å²) in [6, 6.07) is 28.5. The van der Waals surface area contributed by atoms with Gasteiger partial charge in [-0.25, -0.2) is 0 Å². The molecule has 1 unspecified atom stereocenters. The number of nitrogens with zero attached hydrogens (tertiary/aromatic N) is 1. The van der Waals surface area contributed by atoms with Gasteiger partial charge in [0.15, 0.2) is 0 Å². The lowest BCUT2D eigenvalue weighted by molar-refractivity contribution is 0.253. The molecule has 0 bridgehead atoms. The fraction of sp³-hybridized carbons (Fsp3) is 0.231. The predicted molar refractivity (Wildman–Crippen MR) is 121 cm³/mol. The Balaban J connectivity index is 2.05. The maximum Gasteiger partial charge on any atom is 0.119 e. The number of likely N-dealkylation sites (N-methyl/N-ethyl adjacent to an activating group) is 1. The standard InChI is InChI=1S/C26H29NO2/c1-20(28)25(21-10-6-4-7-11-21)26(22-12-8-5-9-13-22)23-14-16-24(17-15-23)29-19-18-27(2)3/h4-17,20,28H,18-19H2,1-3H3/b26-25+. The molecule has 0 spiro atoms. The normalized spacial score (nSPS) is 13.1. The van der Waals surface area contributed by atoms with Gasteiger partial charge in [0.05, 0.1) is 6.10 Å². The number of rotatable bonds is 8. The first-order valence-electron chi connectivity index (χ1n) is 9.97. The lowest BCUT2D eigenvalue weighted by atomic mass is 9.87. The molecule has 0 aliphatic carbocycles. The van der Waals surface area contributed by atoms with Crippen molar-refractivity contribution in [1.82, 2.24) is 4.90 Å². The topological polar surface area (TPSA) is 32.7 Å². The van der Waals surface area contributed by atoms with Crippen molar-refractivity contribution in [2.45, 2.75) is 13.0 Å². The van der Waals surface area contributed by atoms with Crippen LogP contribution in [0.3, 0.4) is 0 Å². The van der Waals surface area contributed by atoms with E-state index in [2.05, 4.69) is 29.2 Å². The van der Waals surface area contributed by atoms with Gasteiger partial charge in [0.1, 0.15) is 12.4 Å². The molecular weight excluding hydrogens is 358 g/mol. The van der Waals surface area contributed by atoms with Crippen molar-refractivity contribution in [3.05, 3.63) is 102 Å². The Hall–Kier alpha value is -2.88. The van der Waals surface area contributed by atoms with Gasteiger partial charge in [-0.15, -0.1) is 0 Å². The van der Waals surface area contributed by atoms with Crippen molar-refractivity contribution in [2.24, 2.45) is 0 Å². The monoisotopic (exact) mass is 387 g/mol. The minimum absolute atomic E-state index is 0.608. The van der Waals surface area contributed by atoms with Crippen molar-refractivity contribution in [3.63, 3.8) is 0 Å². The summed E-state index contributed by atoms with van der Waals surface area (Å²) in [6.45, 7) is 3.35. The molecule has 0 radical (unpaired) electrons. The van der Waals surface area contributed by atoms with Gasteiger partial charge < -0.3 is 14.7 Å². The van der Waals surface area contributed by atoms with E-state index in [0.29, 0.717) is 6.61 Å². The average Bonchev–Trinajstić information content (AvgIpc) is 2.73. The third-order valence-electron chi connectivity index (χ3n) is 4.78. The highest BCUT2D eigenvalue weighted by molar-refractivity contribution is 5.99. The van der Waals surface area contributed by atoms with Gasteiger partial charge in [-0.3, -0.25) is 0 Å². The highest BCUT2D eigenvalue weighted by atomic mass is 16.5. The minimum atomic E-state index is -0.608. The molecule has 0 heterocycles. The quantitative estimate of drug-likeness (QED) is 0.554. The number of benzene rings is 3. The summed E-state index contributed by atoms with van der Waals surface area (Å²) in [6.07, 6.45) is -0.608. The fourth-order valence-corrected chi connectivity index (χ4v) is 3.36. The summed E-state index contributed by atoms with van der Waals surface area (Å²) in [5, 5.41) is 10.7. The fourth-order valence-electron chi connectivity index (χ4n) is 3.36. The molecule has 0 fully saturated rings. The maximum atomic E-state index is 10.7. The predicted octanol–water partition coefficient (Wildman–Crippen LogP) is 4.97. The van der Waals surface area contributed by atoms with Crippen molar-refractivity contribution in [1.29, 1.82) is 0 Å². The number of hydrogen-bond donors (Lipinski definition) is 1. The van der Waals surface area contributed by atoms with E-state index >= 15 is 0 Å².